The van der Waals surface area contributed by atoms with E-state index >= 15 is 0 Å². The van der Waals surface area contributed by atoms with Crippen LogP contribution in [0.25, 0.3) is 0 Å². The maximum atomic E-state index is 11.9. The number of nitrogens with one attached hydrogen (secondary N) is 1. The number of carbonyl (C=O) groups is 2. The Labute approximate surface area is 143 Å². The molecular weight excluding hydrogens is 310 g/mol. The van der Waals surface area contributed by atoms with Gasteiger partial charge in [-0.1, -0.05) is 6.07 Å². The Morgan fingerprint density at radius 3 is 2.50 bits per heavy atom. The third-order valence-electron chi connectivity index (χ3n) is 3.07. The summed E-state index contributed by atoms with van der Waals surface area (Å²) in [7, 11) is 0. The Kier molecular flexibility index (Phi) is 7.55. The molecule has 1 aromatic carbocycles. The van der Waals surface area contributed by atoms with Crippen LogP contribution in [0.15, 0.2) is 18.2 Å². The first-order valence-electron chi connectivity index (χ1n) is 8.12. The number of amides is 1. The fraction of sp³-hybridized carbons (Fsp3) is 0.556. The number of carboxylic acids is 1. The molecule has 0 aliphatic heterocycles. The molecule has 1 rings (SSSR count). The summed E-state index contributed by atoms with van der Waals surface area (Å²) < 4.78 is 11.0. The molecule has 0 saturated carbocycles. The topological polar surface area (TPSA) is 84.9 Å². The van der Waals surface area contributed by atoms with Gasteiger partial charge >= 0.3 is 12.1 Å². The summed E-state index contributed by atoms with van der Waals surface area (Å²) in [4.78, 5) is 22.4. The van der Waals surface area contributed by atoms with Crippen molar-refractivity contribution in [2.75, 3.05) is 11.9 Å². The standard InChI is InChI=1S/C18H27NO5/c1-13-9-10-14(19-17(22)24-18(2,3)4)15(12-13)23-11-7-5-6-8-16(20)21/h9-10,12H,5-8,11H2,1-4H3,(H,19,22)(H,20,21). The van der Waals surface area contributed by atoms with Gasteiger partial charge in [0.15, 0.2) is 0 Å². The van der Waals surface area contributed by atoms with E-state index in [4.69, 9.17) is 14.6 Å². The van der Waals surface area contributed by atoms with E-state index in [9.17, 15) is 9.59 Å². The molecule has 0 aliphatic carbocycles. The zero-order valence-corrected chi connectivity index (χ0v) is 14.8. The first kappa shape index (κ1) is 19.8. The minimum atomic E-state index is -0.779. The smallest absolute Gasteiger partial charge is 0.412 e. The molecular formula is C18H27NO5. The third kappa shape index (κ3) is 8.41. The lowest BCUT2D eigenvalue weighted by atomic mass is 10.2. The molecule has 6 nitrogen and oxygen atoms in total. The second-order valence-electron chi connectivity index (χ2n) is 6.68. The van der Waals surface area contributed by atoms with Crippen molar-refractivity contribution < 1.29 is 24.2 Å². The molecule has 0 spiro atoms. The molecule has 0 unspecified atom stereocenters. The van der Waals surface area contributed by atoms with Crippen LogP contribution in [0.5, 0.6) is 5.75 Å². The molecule has 6 heteroatoms. The van der Waals surface area contributed by atoms with E-state index in [1.165, 1.54) is 0 Å². The van der Waals surface area contributed by atoms with Gasteiger partial charge in [-0.05, 0) is 64.7 Å². The van der Waals surface area contributed by atoms with Crippen molar-refractivity contribution in [3.63, 3.8) is 0 Å². The Bertz CT molecular complexity index is 563. The van der Waals surface area contributed by atoms with Crippen molar-refractivity contribution in [3.05, 3.63) is 23.8 Å². The average molecular weight is 337 g/mol. The zero-order chi connectivity index (χ0) is 18.2. The fourth-order valence-corrected chi connectivity index (χ4v) is 2.00. The SMILES string of the molecule is Cc1ccc(NC(=O)OC(C)(C)C)c(OCCCCCC(=O)O)c1. The first-order chi connectivity index (χ1) is 11.2. The highest BCUT2D eigenvalue weighted by Gasteiger charge is 2.17. The van der Waals surface area contributed by atoms with Gasteiger partial charge in [0.05, 0.1) is 12.3 Å². The largest absolute Gasteiger partial charge is 0.491 e. The number of anilines is 1. The van der Waals surface area contributed by atoms with E-state index in [1.54, 1.807) is 26.8 Å². The van der Waals surface area contributed by atoms with Crippen LogP contribution < -0.4 is 10.1 Å². The number of carboxylic acid groups (broad SMARTS) is 1. The molecule has 0 heterocycles. The lowest BCUT2D eigenvalue weighted by molar-refractivity contribution is -0.137. The normalized spacial score (nSPS) is 11.0. The van der Waals surface area contributed by atoms with Gasteiger partial charge < -0.3 is 14.6 Å². The minimum Gasteiger partial charge on any atom is -0.491 e. The number of aliphatic carboxylic acids is 1. The van der Waals surface area contributed by atoms with E-state index < -0.39 is 17.7 Å². The number of unbranched alkanes of at least 4 members (excludes halogenated alkanes) is 2. The number of carbonyl (C=O) groups excluding carboxylic acids is 1. The predicted octanol–water partition coefficient (Wildman–Crippen LogP) is 4.37. The van der Waals surface area contributed by atoms with Crippen molar-refractivity contribution in [1.82, 2.24) is 0 Å². The summed E-state index contributed by atoms with van der Waals surface area (Å²) in [6.45, 7) is 7.81. The molecule has 0 atom stereocenters. The van der Waals surface area contributed by atoms with E-state index in [2.05, 4.69) is 5.32 Å². The molecule has 0 aromatic heterocycles. The molecule has 24 heavy (non-hydrogen) atoms. The molecule has 0 aliphatic rings. The first-order valence-corrected chi connectivity index (χ1v) is 8.12. The van der Waals surface area contributed by atoms with E-state index in [0.717, 1.165) is 18.4 Å². The fourth-order valence-electron chi connectivity index (χ4n) is 2.00. The summed E-state index contributed by atoms with van der Waals surface area (Å²) in [6, 6.07) is 5.51. The minimum absolute atomic E-state index is 0.176. The van der Waals surface area contributed by atoms with Crippen LogP contribution >= 0.6 is 0 Å². The van der Waals surface area contributed by atoms with Gasteiger partial charge in [0.25, 0.3) is 0 Å². The summed E-state index contributed by atoms with van der Waals surface area (Å²) in [5.74, 6) is -0.197. The quantitative estimate of drug-likeness (QED) is 0.688. The van der Waals surface area contributed by atoms with Crippen molar-refractivity contribution >= 4 is 17.7 Å². The maximum Gasteiger partial charge on any atom is 0.412 e. The molecule has 0 fully saturated rings. The number of benzene rings is 1. The number of hydrogen-bond acceptors (Lipinski definition) is 4. The lowest BCUT2D eigenvalue weighted by Crippen LogP contribution is -2.27. The van der Waals surface area contributed by atoms with E-state index in [0.29, 0.717) is 24.5 Å². The Hall–Kier alpha value is -2.24. The van der Waals surface area contributed by atoms with Crippen molar-refractivity contribution in [3.8, 4) is 5.75 Å². The van der Waals surface area contributed by atoms with Crippen LogP contribution in [0.1, 0.15) is 52.0 Å². The van der Waals surface area contributed by atoms with Crippen LogP contribution in [0.2, 0.25) is 0 Å². The van der Waals surface area contributed by atoms with Crippen LogP contribution in [0.4, 0.5) is 10.5 Å². The number of aryl methyl sites for hydroxylation is 1. The van der Waals surface area contributed by atoms with Gasteiger partial charge in [0, 0.05) is 6.42 Å². The van der Waals surface area contributed by atoms with Crippen molar-refractivity contribution in [2.45, 2.75) is 59.0 Å². The van der Waals surface area contributed by atoms with Gasteiger partial charge in [-0.3, -0.25) is 10.1 Å². The van der Waals surface area contributed by atoms with Gasteiger partial charge in [0.1, 0.15) is 11.4 Å². The Morgan fingerprint density at radius 1 is 1.17 bits per heavy atom. The summed E-state index contributed by atoms with van der Waals surface area (Å²) in [5.41, 5.74) is 1.01. The average Bonchev–Trinajstić information content (AvgIpc) is 2.43. The Morgan fingerprint density at radius 2 is 1.88 bits per heavy atom. The van der Waals surface area contributed by atoms with Gasteiger partial charge in [-0.15, -0.1) is 0 Å². The van der Waals surface area contributed by atoms with Crippen molar-refractivity contribution in [2.24, 2.45) is 0 Å². The number of rotatable bonds is 8. The highest BCUT2D eigenvalue weighted by Crippen LogP contribution is 2.26. The van der Waals surface area contributed by atoms with Crippen LogP contribution in [-0.4, -0.2) is 29.4 Å². The lowest BCUT2D eigenvalue weighted by Gasteiger charge is -2.20. The number of ether oxygens (including phenoxy) is 2. The highest BCUT2D eigenvalue weighted by molar-refractivity contribution is 5.87. The predicted molar refractivity (Wildman–Crippen MR) is 92.6 cm³/mol. The van der Waals surface area contributed by atoms with E-state index in [-0.39, 0.29) is 6.42 Å². The zero-order valence-electron chi connectivity index (χ0n) is 14.8. The molecule has 134 valence electrons. The monoisotopic (exact) mass is 337 g/mol. The van der Waals surface area contributed by atoms with Crippen LogP contribution in [-0.2, 0) is 9.53 Å². The highest BCUT2D eigenvalue weighted by atomic mass is 16.6. The van der Waals surface area contributed by atoms with Crippen molar-refractivity contribution in [1.29, 1.82) is 0 Å². The maximum absolute atomic E-state index is 11.9. The van der Waals surface area contributed by atoms with Gasteiger partial charge in [-0.2, -0.15) is 0 Å². The van der Waals surface area contributed by atoms with Crippen LogP contribution in [0.3, 0.4) is 0 Å². The van der Waals surface area contributed by atoms with Gasteiger partial charge in [0.2, 0.25) is 0 Å². The molecule has 1 aromatic rings. The molecule has 2 N–H and O–H groups in total. The molecule has 0 saturated heterocycles. The second kappa shape index (κ2) is 9.15. The third-order valence-corrected chi connectivity index (χ3v) is 3.07. The molecule has 0 bridgehead atoms. The summed E-state index contributed by atoms with van der Waals surface area (Å²) in [6.07, 6.45) is 1.82. The van der Waals surface area contributed by atoms with E-state index in [1.807, 2.05) is 19.1 Å². The summed E-state index contributed by atoms with van der Waals surface area (Å²) in [5, 5.41) is 11.3. The van der Waals surface area contributed by atoms with Gasteiger partial charge in [-0.25, -0.2) is 4.79 Å². The number of hydrogen-bond donors (Lipinski definition) is 2. The van der Waals surface area contributed by atoms with Crippen LogP contribution in [0, 0.1) is 6.92 Å². The Balaban J connectivity index is 2.55. The molecule has 0 radical (unpaired) electrons. The second-order valence-corrected chi connectivity index (χ2v) is 6.68. The summed E-state index contributed by atoms with van der Waals surface area (Å²) >= 11 is 0. The molecule has 1 amide bonds.